The Morgan fingerprint density at radius 3 is 2.50 bits per heavy atom. The molecule has 0 unspecified atom stereocenters. The Morgan fingerprint density at radius 2 is 1.86 bits per heavy atom. The Morgan fingerprint density at radius 1 is 1.19 bits per heavy atom. The summed E-state index contributed by atoms with van der Waals surface area (Å²) in [4.78, 5) is 23.3. The van der Waals surface area contributed by atoms with Gasteiger partial charge in [0.05, 0.1) is 29.5 Å². The SMILES string of the molecule is CC(=O)O[C@@H](C)/C=C\C(=O)N[C@@H]1C[C@H](C)[C@H](C/C=C(C)/C=C/[C@H]2OC(C)(C)C[C@](C)(O)[C@@H]2O)O[C@@H]1C. The van der Waals surface area contributed by atoms with Crippen LogP contribution >= 0.6 is 0 Å². The van der Waals surface area contributed by atoms with Crippen molar-refractivity contribution in [1.82, 2.24) is 5.32 Å². The van der Waals surface area contributed by atoms with E-state index in [0.29, 0.717) is 6.42 Å². The van der Waals surface area contributed by atoms with Crippen LogP contribution in [0.4, 0.5) is 0 Å². The lowest BCUT2D eigenvalue weighted by atomic mass is 9.80. The lowest BCUT2D eigenvalue weighted by Gasteiger charge is -2.46. The van der Waals surface area contributed by atoms with Crippen molar-refractivity contribution in [2.45, 2.75) is 122 Å². The molecule has 2 fully saturated rings. The summed E-state index contributed by atoms with van der Waals surface area (Å²) in [6.45, 7) is 14.6. The summed E-state index contributed by atoms with van der Waals surface area (Å²) < 4.78 is 17.2. The molecule has 2 aliphatic heterocycles. The van der Waals surface area contributed by atoms with Crippen molar-refractivity contribution in [2.24, 2.45) is 5.92 Å². The molecular weight excluding hydrogens is 462 g/mol. The van der Waals surface area contributed by atoms with Crippen molar-refractivity contribution in [1.29, 1.82) is 0 Å². The molecule has 0 aromatic heterocycles. The summed E-state index contributed by atoms with van der Waals surface area (Å²) >= 11 is 0. The summed E-state index contributed by atoms with van der Waals surface area (Å²) in [5.41, 5.74) is -0.725. The molecule has 2 rings (SSSR count). The highest BCUT2D eigenvalue weighted by Crippen LogP contribution is 2.36. The van der Waals surface area contributed by atoms with Crippen LogP contribution in [0.5, 0.6) is 0 Å². The summed E-state index contributed by atoms with van der Waals surface area (Å²) in [5, 5.41) is 24.1. The number of carbonyl (C=O) groups excluding carboxylic acids is 2. The number of nitrogens with one attached hydrogen (secondary N) is 1. The van der Waals surface area contributed by atoms with E-state index in [1.807, 2.05) is 33.8 Å². The topological polar surface area (TPSA) is 114 Å². The van der Waals surface area contributed by atoms with E-state index in [9.17, 15) is 19.8 Å². The van der Waals surface area contributed by atoms with Crippen LogP contribution in [0.2, 0.25) is 0 Å². The number of hydrogen-bond acceptors (Lipinski definition) is 7. The van der Waals surface area contributed by atoms with Crippen LogP contribution < -0.4 is 5.32 Å². The first-order chi connectivity index (χ1) is 16.6. The summed E-state index contributed by atoms with van der Waals surface area (Å²) in [7, 11) is 0. The van der Waals surface area contributed by atoms with E-state index < -0.39 is 35.5 Å². The minimum Gasteiger partial charge on any atom is -0.459 e. The second-order valence-corrected chi connectivity index (χ2v) is 11.2. The van der Waals surface area contributed by atoms with E-state index in [0.717, 1.165) is 18.4 Å². The maximum Gasteiger partial charge on any atom is 0.303 e. The van der Waals surface area contributed by atoms with Crippen molar-refractivity contribution in [3.63, 3.8) is 0 Å². The molecule has 2 heterocycles. The van der Waals surface area contributed by atoms with E-state index in [-0.39, 0.29) is 30.1 Å². The first-order valence-electron chi connectivity index (χ1n) is 12.8. The third-order valence-corrected chi connectivity index (χ3v) is 6.82. The van der Waals surface area contributed by atoms with Gasteiger partial charge in [0, 0.05) is 19.4 Å². The zero-order valence-electron chi connectivity index (χ0n) is 23.0. The molecule has 2 aliphatic rings. The molecule has 0 bridgehead atoms. The van der Waals surface area contributed by atoms with Gasteiger partial charge in [-0.2, -0.15) is 0 Å². The second kappa shape index (κ2) is 12.5. The van der Waals surface area contributed by atoms with E-state index in [4.69, 9.17) is 14.2 Å². The molecule has 0 aliphatic carbocycles. The highest BCUT2D eigenvalue weighted by molar-refractivity contribution is 5.87. The van der Waals surface area contributed by atoms with Gasteiger partial charge in [0.2, 0.25) is 5.91 Å². The molecule has 8 nitrogen and oxygen atoms in total. The fourth-order valence-corrected chi connectivity index (χ4v) is 5.02. The van der Waals surface area contributed by atoms with Crippen molar-refractivity contribution < 1.29 is 34.0 Å². The number of aliphatic hydroxyl groups excluding tert-OH is 1. The average Bonchev–Trinajstić information content (AvgIpc) is 2.74. The normalized spacial score (nSPS) is 36.1. The van der Waals surface area contributed by atoms with Crippen LogP contribution in [-0.4, -0.2) is 69.9 Å². The van der Waals surface area contributed by atoms with Gasteiger partial charge < -0.3 is 29.7 Å². The van der Waals surface area contributed by atoms with Gasteiger partial charge in [-0.15, -0.1) is 0 Å². The Balaban J connectivity index is 1.89. The Bertz CT molecular complexity index is 860. The smallest absolute Gasteiger partial charge is 0.303 e. The Labute approximate surface area is 215 Å². The average molecular weight is 508 g/mol. The zero-order valence-corrected chi connectivity index (χ0v) is 23.0. The van der Waals surface area contributed by atoms with E-state index in [1.54, 1.807) is 26.0 Å². The zero-order chi connectivity index (χ0) is 27.3. The monoisotopic (exact) mass is 507 g/mol. The van der Waals surface area contributed by atoms with Crippen LogP contribution in [0.3, 0.4) is 0 Å². The van der Waals surface area contributed by atoms with Crippen molar-refractivity contribution >= 4 is 11.9 Å². The van der Waals surface area contributed by atoms with E-state index >= 15 is 0 Å². The number of amides is 1. The largest absolute Gasteiger partial charge is 0.459 e. The fraction of sp³-hybridized carbons (Fsp3) is 0.714. The minimum absolute atomic E-state index is 0.0206. The first kappa shape index (κ1) is 30.2. The number of rotatable bonds is 8. The molecule has 0 radical (unpaired) electrons. The standard InChI is InChI=1S/C28H45NO7/c1-17(10-13-24-26(32)28(8,33)16-27(6,7)36-24)9-12-23-18(2)15-22(20(4)35-23)29-25(31)14-11-19(3)34-21(5)30/h9-11,13-14,18-20,22-24,26,32-33H,12,15-16H2,1-8H3,(H,29,31)/b13-10+,14-11-,17-9+/t18-,19-,20+,22+,23-,24+,26+,28-/m0/s1. The molecule has 36 heavy (non-hydrogen) atoms. The molecule has 8 heteroatoms. The molecule has 0 aromatic carbocycles. The number of esters is 1. The van der Waals surface area contributed by atoms with Crippen LogP contribution in [0.25, 0.3) is 0 Å². The van der Waals surface area contributed by atoms with Gasteiger partial charge >= 0.3 is 5.97 Å². The van der Waals surface area contributed by atoms with E-state index in [2.05, 4.69) is 18.3 Å². The summed E-state index contributed by atoms with van der Waals surface area (Å²) in [6, 6.07) is -0.108. The molecule has 1 amide bonds. The Kier molecular flexibility index (Phi) is 10.5. The van der Waals surface area contributed by atoms with E-state index in [1.165, 1.54) is 13.0 Å². The predicted molar refractivity (Wildman–Crippen MR) is 138 cm³/mol. The van der Waals surface area contributed by atoms with Gasteiger partial charge in [-0.25, -0.2) is 0 Å². The third kappa shape index (κ3) is 9.14. The molecule has 204 valence electrons. The van der Waals surface area contributed by atoms with Gasteiger partial charge in [0.1, 0.15) is 18.3 Å². The molecule has 0 spiro atoms. The first-order valence-corrected chi connectivity index (χ1v) is 12.8. The van der Waals surface area contributed by atoms with Crippen LogP contribution in [-0.2, 0) is 23.8 Å². The second-order valence-electron chi connectivity index (χ2n) is 11.2. The lowest BCUT2D eigenvalue weighted by Crippen LogP contribution is -2.58. The summed E-state index contributed by atoms with van der Waals surface area (Å²) in [5.74, 6) is -0.392. The number of ether oxygens (including phenoxy) is 3. The minimum atomic E-state index is -1.21. The van der Waals surface area contributed by atoms with Crippen LogP contribution in [0.15, 0.2) is 36.0 Å². The quantitative estimate of drug-likeness (QED) is 0.262. The van der Waals surface area contributed by atoms with Crippen molar-refractivity contribution in [3.8, 4) is 0 Å². The van der Waals surface area contributed by atoms with Crippen LogP contribution in [0.1, 0.15) is 74.7 Å². The predicted octanol–water partition coefficient (Wildman–Crippen LogP) is 3.36. The molecule has 3 N–H and O–H groups in total. The molecule has 0 saturated carbocycles. The number of allylic oxidation sites excluding steroid dienone is 2. The molecule has 2 saturated heterocycles. The van der Waals surface area contributed by atoms with Gasteiger partial charge in [-0.05, 0) is 66.4 Å². The fourth-order valence-electron chi connectivity index (χ4n) is 5.02. The van der Waals surface area contributed by atoms with Crippen molar-refractivity contribution in [3.05, 3.63) is 36.0 Å². The number of aliphatic hydroxyl groups is 2. The molecular formula is C28H45NO7. The van der Waals surface area contributed by atoms with Gasteiger partial charge in [-0.1, -0.05) is 30.7 Å². The number of carbonyl (C=O) groups is 2. The van der Waals surface area contributed by atoms with Gasteiger partial charge in [-0.3, -0.25) is 9.59 Å². The maximum atomic E-state index is 12.3. The van der Waals surface area contributed by atoms with Crippen LogP contribution in [0, 0.1) is 5.92 Å². The van der Waals surface area contributed by atoms with Crippen molar-refractivity contribution in [2.75, 3.05) is 0 Å². The van der Waals surface area contributed by atoms with Gasteiger partial charge in [0.15, 0.2) is 0 Å². The highest BCUT2D eigenvalue weighted by atomic mass is 16.5. The third-order valence-electron chi connectivity index (χ3n) is 6.82. The maximum absolute atomic E-state index is 12.3. The Hall–Kier alpha value is -2.00. The number of hydrogen-bond donors (Lipinski definition) is 3. The lowest BCUT2D eigenvalue weighted by molar-refractivity contribution is -0.224. The highest BCUT2D eigenvalue weighted by Gasteiger charge is 2.47. The summed E-state index contributed by atoms with van der Waals surface area (Å²) in [6.07, 6.45) is 8.46. The molecule has 0 aromatic rings. The van der Waals surface area contributed by atoms with Gasteiger partial charge in [0.25, 0.3) is 0 Å². The molecule has 8 atom stereocenters.